The molecule has 0 aliphatic heterocycles. The zero-order chi connectivity index (χ0) is 12.2. The van der Waals surface area contributed by atoms with Gasteiger partial charge in [-0.15, -0.1) is 0 Å². The monoisotopic (exact) mass is 228 g/mol. The molecule has 1 fully saturated rings. The minimum atomic E-state index is -0.796. The van der Waals surface area contributed by atoms with Gasteiger partial charge in [0.25, 0.3) is 0 Å². The summed E-state index contributed by atoms with van der Waals surface area (Å²) in [5.74, 6) is -1.44. The third kappa shape index (κ3) is 2.72. The summed E-state index contributed by atoms with van der Waals surface area (Å²) in [4.78, 5) is 24.5. The van der Waals surface area contributed by atoms with Gasteiger partial charge in [-0.25, -0.2) is 4.79 Å². The van der Waals surface area contributed by atoms with Gasteiger partial charge in [0.1, 0.15) is 0 Å². The third-order valence-electron chi connectivity index (χ3n) is 3.27. The number of likely N-dealkylation sites (N-methyl/N-ethyl adjacent to an activating group) is 1. The highest BCUT2D eigenvalue weighted by Crippen LogP contribution is 2.35. The molecule has 1 saturated carbocycles. The Morgan fingerprint density at radius 2 is 2.00 bits per heavy atom. The Morgan fingerprint density at radius 1 is 1.38 bits per heavy atom. The van der Waals surface area contributed by atoms with Gasteiger partial charge in [0.05, 0.1) is 6.61 Å². The van der Waals surface area contributed by atoms with Crippen molar-refractivity contribution in [2.75, 3.05) is 27.2 Å². The fourth-order valence-corrected chi connectivity index (χ4v) is 1.88. The maximum absolute atomic E-state index is 11.3. The number of carbonyl (C=O) groups is 2. The Morgan fingerprint density at radius 3 is 2.38 bits per heavy atom. The summed E-state index contributed by atoms with van der Waals surface area (Å²) >= 11 is 0. The summed E-state index contributed by atoms with van der Waals surface area (Å²) in [6, 6.07) is 0. The van der Waals surface area contributed by atoms with E-state index >= 15 is 0 Å². The number of carbonyl (C=O) groups excluding carboxylic acids is 2. The van der Waals surface area contributed by atoms with Gasteiger partial charge in [-0.05, 0) is 40.3 Å². The van der Waals surface area contributed by atoms with Crippen molar-refractivity contribution in [1.82, 2.24) is 10.2 Å². The second-order valence-corrected chi connectivity index (χ2v) is 4.38. The summed E-state index contributed by atoms with van der Waals surface area (Å²) in [5, 5.41) is 2.64. The second-order valence-electron chi connectivity index (χ2n) is 4.38. The molecule has 0 unspecified atom stereocenters. The van der Waals surface area contributed by atoms with Crippen molar-refractivity contribution in [3.05, 3.63) is 0 Å². The maximum atomic E-state index is 11.3. The summed E-state index contributed by atoms with van der Waals surface area (Å²) in [7, 11) is 3.99. The number of hydrogen-bond donors (Lipinski definition) is 1. The molecule has 1 amide bonds. The number of ether oxygens (including phenoxy) is 1. The van der Waals surface area contributed by atoms with E-state index in [9.17, 15) is 9.59 Å². The van der Waals surface area contributed by atoms with Gasteiger partial charge in [0.15, 0.2) is 0 Å². The van der Waals surface area contributed by atoms with Gasteiger partial charge < -0.3 is 15.0 Å². The Balaban J connectivity index is 2.38. The predicted molar refractivity (Wildman–Crippen MR) is 59.9 cm³/mol. The van der Waals surface area contributed by atoms with Crippen molar-refractivity contribution in [1.29, 1.82) is 0 Å². The molecule has 5 nitrogen and oxygen atoms in total. The number of amides is 1. The second kappa shape index (κ2) is 5.30. The number of nitrogens with one attached hydrogen (secondary N) is 1. The van der Waals surface area contributed by atoms with Gasteiger partial charge in [-0.2, -0.15) is 0 Å². The molecular formula is C11H20N2O3. The molecule has 0 radical (unpaired) electrons. The van der Waals surface area contributed by atoms with Crippen molar-refractivity contribution in [3.63, 3.8) is 0 Å². The quantitative estimate of drug-likeness (QED) is 0.549. The molecule has 1 rings (SSSR count). The Bertz CT molecular complexity index is 272. The smallest absolute Gasteiger partial charge is 0.396 e. The SMILES string of the molecule is CCOC(=O)C(=O)NCC1(N(C)C)CCC1. The lowest BCUT2D eigenvalue weighted by Gasteiger charge is -2.47. The first-order chi connectivity index (χ1) is 7.52. The van der Waals surface area contributed by atoms with Crippen LogP contribution in [-0.4, -0.2) is 49.6 Å². The van der Waals surface area contributed by atoms with Crippen LogP contribution in [0.3, 0.4) is 0 Å². The minimum absolute atomic E-state index is 0.0299. The molecule has 1 aliphatic carbocycles. The molecule has 0 saturated heterocycles. The summed E-state index contributed by atoms with van der Waals surface area (Å²) < 4.78 is 4.62. The molecule has 0 bridgehead atoms. The highest BCUT2D eigenvalue weighted by atomic mass is 16.5. The minimum Gasteiger partial charge on any atom is -0.459 e. The van der Waals surface area contributed by atoms with Gasteiger partial charge in [-0.3, -0.25) is 4.79 Å². The van der Waals surface area contributed by atoms with Crippen LogP contribution in [0.5, 0.6) is 0 Å². The van der Waals surface area contributed by atoms with E-state index in [1.54, 1.807) is 6.92 Å². The van der Waals surface area contributed by atoms with Gasteiger partial charge in [0.2, 0.25) is 0 Å². The van der Waals surface area contributed by atoms with E-state index in [4.69, 9.17) is 0 Å². The van der Waals surface area contributed by atoms with Crippen molar-refractivity contribution in [3.8, 4) is 0 Å². The van der Waals surface area contributed by atoms with Crippen molar-refractivity contribution in [2.45, 2.75) is 31.7 Å². The predicted octanol–water partition coefficient (Wildman–Crippen LogP) is 0.150. The summed E-state index contributed by atoms with van der Waals surface area (Å²) in [6.07, 6.45) is 3.29. The highest BCUT2D eigenvalue weighted by molar-refractivity contribution is 6.32. The molecule has 5 heteroatoms. The Kier molecular flexibility index (Phi) is 4.29. The number of esters is 1. The molecule has 0 aromatic carbocycles. The third-order valence-corrected chi connectivity index (χ3v) is 3.27. The van der Waals surface area contributed by atoms with E-state index in [0.717, 1.165) is 12.8 Å². The zero-order valence-electron chi connectivity index (χ0n) is 10.2. The first kappa shape index (κ1) is 13.0. The van der Waals surface area contributed by atoms with E-state index in [1.165, 1.54) is 6.42 Å². The molecule has 1 N–H and O–H groups in total. The fraction of sp³-hybridized carbons (Fsp3) is 0.818. The van der Waals surface area contributed by atoms with Crippen LogP contribution in [-0.2, 0) is 14.3 Å². The van der Waals surface area contributed by atoms with Gasteiger partial charge in [0, 0.05) is 12.1 Å². The zero-order valence-corrected chi connectivity index (χ0v) is 10.2. The lowest BCUT2D eigenvalue weighted by Crippen LogP contribution is -2.57. The molecular weight excluding hydrogens is 208 g/mol. The molecule has 16 heavy (non-hydrogen) atoms. The lowest BCUT2D eigenvalue weighted by atomic mass is 9.75. The van der Waals surface area contributed by atoms with Crippen LogP contribution >= 0.6 is 0 Å². The molecule has 0 heterocycles. The number of rotatable bonds is 4. The van der Waals surface area contributed by atoms with E-state index < -0.39 is 11.9 Å². The standard InChI is InChI=1S/C11H20N2O3/c1-4-16-10(15)9(14)12-8-11(13(2)3)6-5-7-11/h4-8H2,1-3H3,(H,12,14). The van der Waals surface area contributed by atoms with Crippen molar-refractivity contribution >= 4 is 11.9 Å². The summed E-state index contributed by atoms with van der Waals surface area (Å²) in [5.41, 5.74) is 0.0299. The van der Waals surface area contributed by atoms with E-state index in [0.29, 0.717) is 6.54 Å². The fourth-order valence-electron chi connectivity index (χ4n) is 1.88. The lowest BCUT2D eigenvalue weighted by molar-refractivity contribution is -0.154. The normalized spacial score (nSPS) is 17.8. The van der Waals surface area contributed by atoms with E-state index in [2.05, 4.69) is 15.0 Å². The van der Waals surface area contributed by atoms with Crippen LogP contribution in [0.25, 0.3) is 0 Å². The molecule has 0 aromatic rings. The van der Waals surface area contributed by atoms with Crippen LogP contribution in [0.15, 0.2) is 0 Å². The van der Waals surface area contributed by atoms with Crippen LogP contribution in [0.4, 0.5) is 0 Å². The summed E-state index contributed by atoms with van der Waals surface area (Å²) in [6.45, 7) is 2.42. The van der Waals surface area contributed by atoms with Crippen molar-refractivity contribution < 1.29 is 14.3 Å². The first-order valence-electron chi connectivity index (χ1n) is 5.64. The first-order valence-corrected chi connectivity index (χ1v) is 5.64. The molecule has 1 aliphatic rings. The molecule has 0 atom stereocenters. The van der Waals surface area contributed by atoms with E-state index in [1.807, 2.05) is 14.1 Å². The largest absolute Gasteiger partial charge is 0.459 e. The van der Waals surface area contributed by atoms with Crippen molar-refractivity contribution in [2.24, 2.45) is 0 Å². The topological polar surface area (TPSA) is 58.6 Å². The van der Waals surface area contributed by atoms with Gasteiger partial charge >= 0.3 is 11.9 Å². The highest BCUT2D eigenvalue weighted by Gasteiger charge is 2.39. The number of hydrogen-bond acceptors (Lipinski definition) is 4. The van der Waals surface area contributed by atoms with Crippen LogP contribution in [0.2, 0.25) is 0 Å². The molecule has 0 spiro atoms. The maximum Gasteiger partial charge on any atom is 0.396 e. The molecule has 92 valence electrons. The van der Waals surface area contributed by atoms with E-state index in [-0.39, 0.29) is 12.1 Å². The Hall–Kier alpha value is -1.10. The Labute approximate surface area is 96.1 Å². The number of nitrogens with zero attached hydrogens (tertiary/aromatic N) is 1. The van der Waals surface area contributed by atoms with Crippen LogP contribution < -0.4 is 5.32 Å². The van der Waals surface area contributed by atoms with Crippen LogP contribution in [0.1, 0.15) is 26.2 Å². The average Bonchev–Trinajstić information content (AvgIpc) is 2.15. The van der Waals surface area contributed by atoms with Crippen LogP contribution in [0, 0.1) is 0 Å². The van der Waals surface area contributed by atoms with Gasteiger partial charge in [-0.1, -0.05) is 0 Å². The average molecular weight is 228 g/mol. The molecule has 0 aromatic heterocycles.